The number of nitrogens with one attached hydrogen (secondary N) is 1. The SMILES string of the molecule is CC/C=C(/Cc1cnc(-c2ccnnc2)c(C)c1)Nc1ccc(-c2cccc(F)c2)nc1. The van der Waals surface area contributed by atoms with Gasteiger partial charge in [0.2, 0.25) is 0 Å². The largest absolute Gasteiger partial charge is 0.358 e. The van der Waals surface area contributed by atoms with E-state index in [4.69, 9.17) is 0 Å². The van der Waals surface area contributed by atoms with Crippen molar-refractivity contribution in [2.24, 2.45) is 0 Å². The highest BCUT2D eigenvalue weighted by atomic mass is 19.1. The third kappa shape index (κ3) is 5.21. The first-order chi connectivity index (χ1) is 15.6. The number of nitrogens with zero attached hydrogens (tertiary/aromatic N) is 4. The minimum Gasteiger partial charge on any atom is -0.358 e. The minimum atomic E-state index is -0.269. The summed E-state index contributed by atoms with van der Waals surface area (Å²) >= 11 is 0. The van der Waals surface area contributed by atoms with E-state index in [0.29, 0.717) is 0 Å². The number of aryl methyl sites for hydroxylation is 1. The van der Waals surface area contributed by atoms with E-state index < -0.39 is 0 Å². The normalized spacial score (nSPS) is 11.4. The lowest BCUT2D eigenvalue weighted by molar-refractivity contribution is 0.628. The van der Waals surface area contributed by atoms with Crippen LogP contribution in [0.1, 0.15) is 24.5 Å². The van der Waals surface area contributed by atoms with Crippen LogP contribution in [0.5, 0.6) is 0 Å². The van der Waals surface area contributed by atoms with Crippen molar-refractivity contribution in [3.63, 3.8) is 0 Å². The van der Waals surface area contributed by atoms with Crippen molar-refractivity contribution >= 4 is 5.69 Å². The molecule has 0 unspecified atom stereocenters. The number of aromatic nitrogens is 4. The Morgan fingerprint density at radius 3 is 2.56 bits per heavy atom. The van der Waals surface area contributed by atoms with E-state index in [2.05, 4.69) is 51.5 Å². The van der Waals surface area contributed by atoms with Crippen LogP contribution in [0.25, 0.3) is 22.5 Å². The molecule has 0 atom stereocenters. The molecule has 5 nitrogen and oxygen atoms in total. The van der Waals surface area contributed by atoms with Crippen LogP contribution in [-0.2, 0) is 6.42 Å². The second-order valence-electron chi connectivity index (χ2n) is 7.52. The summed E-state index contributed by atoms with van der Waals surface area (Å²) in [6, 6.07) is 14.4. The molecule has 4 aromatic rings. The van der Waals surface area contributed by atoms with Gasteiger partial charge in [0.05, 0.1) is 35.7 Å². The molecule has 0 amide bonds. The lowest BCUT2D eigenvalue weighted by Crippen LogP contribution is -2.05. The summed E-state index contributed by atoms with van der Waals surface area (Å²) in [5.41, 5.74) is 7.52. The average molecular weight is 426 g/mol. The molecule has 0 aliphatic heterocycles. The first-order valence-corrected chi connectivity index (χ1v) is 10.5. The molecule has 0 bridgehead atoms. The molecule has 32 heavy (non-hydrogen) atoms. The van der Waals surface area contributed by atoms with Gasteiger partial charge in [-0.05, 0) is 54.8 Å². The third-order valence-electron chi connectivity index (χ3n) is 5.03. The number of pyridine rings is 2. The van der Waals surface area contributed by atoms with Crippen LogP contribution >= 0.6 is 0 Å². The topological polar surface area (TPSA) is 63.6 Å². The fraction of sp³-hybridized carbons (Fsp3) is 0.154. The van der Waals surface area contributed by atoms with Crippen LogP contribution in [0, 0.1) is 12.7 Å². The number of allylic oxidation sites excluding steroid dienone is 2. The first-order valence-electron chi connectivity index (χ1n) is 10.5. The van der Waals surface area contributed by atoms with Gasteiger partial charge in [0.25, 0.3) is 0 Å². The van der Waals surface area contributed by atoms with Crippen molar-refractivity contribution in [1.82, 2.24) is 20.2 Å². The molecule has 0 radical (unpaired) electrons. The quantitative estimate of drug-likeness (QED) is 0.394. The predicted octanol–water partition coefficient (Wildman–Crippen LogP) is 6.00. The average Bonchev–Trinajstić information content (AvgIpc) is 2.80. The van der Waals surface area contributed by atoms with E-state index in [1.54, 1.807) is 24.7 Å². The fourth-order valence-corrected chi connectivity index (χ4v) is 3.57. The molecule has 3 aromatic heterocycles. The number of anilines is 1. The second kappa shape index (κ2) is 9.92. The van der Waals surface area contributed by atoms with Crippen LogP contribution < -0.4 is 5.32 Å². The van der Waals surface area contributed by atoms with E-state index in [1.807, 2.05) is 30.5 Å². The molecule has 0 saturated heterocycles. The zero-order chi connectivity index (χ0) is 22.3. The maximum atomic E-state index is 13.5. The maximum absolute atomic E-state index is 13.5. The van der Waals surface area contributed by atoms with E-state index >= 15 is 0 Å². The van der Waals surface area contributed by atoms with Gasteiger partial charge in [-0.3, -0.25) is 9.97 Å². The fourth-order valence-electron chi connectivity index (χ4n) is 3.57. The van der Waals surface area contributed by atoms with Crippen molar-refractivity contribution in [1.29, 1.82) is 0 Å². The van der Waals surface area contributed by atoms with Crippen molar-refractivity contribution < 1.29 is 4.39 Å². The summed E-state index contributed by atoms with van der Waals surface area (Å²) in [5.74, 6) is -0.269. The monoisotopic (exact) mass is 425 g/mol. The summed E-state index contributed by atoms with van der Waals surface area (Å²) in [7, 11) is 0. The molecule has 3 heterocycles. The molecule has 4 rings (SSSR count). The van der Waals surface area contributed by atoms with Gasteiger partial charge < -0.3 is 5.32 Å². The van der Waals surface area contributed by atoms with E-state index in [0.717, 1.165) is 57.9 Å². The Morgan fingerprint density at radius 2 is 1.88 bits per heavy atom. The molecule has 6 heteroatoms. The van der Waals surface area contributed by atoms with Gasteiger partial charge in [0.1, 0.15) is 5.82 Å². The van der Waals surface area contributed by atoms with Crippen LogP contribution in [0.15, 0.2) is 85.1 Å². The molecule has 0 fully saturated rings. The summed E-state index contributed by atoms with van der Waals surface area (Å²) in [6.07, 6.45) is 10.9. The van der Waals surface area contributed by atoms with E-state index in [9.17, 15) is 4.39 Å². The number of halogens is 1. The highest BCUT2D eigenvalue weighted by Gasteiger charge is 2.08. The molecule has 1 aromatic carbocycles. The third-order valence-corrected chi connectivity index (χ3v) is 5.03. The maximum Gasteiger partial charge on any atom is 0.123 e. The minimum absolute atomic E-state index is 0.269. The lowest BCUT2D eigenvalue weighted by atomic mass is 10.0. The standard InChI is InChI=1S/C26H24FN5/c1-3-5-23(13-19-12-18(2)26(29-15-19)21-10-11-30-31-16-21)32-24-8-9-25(28-17-24)20-6-4-7-22(27)14-20/h4-12,14-17,32H,3,13H2,1-2H3/b23-5-. The van der Waals surface area contributed by atoms with E-state index in [-0.39, 0.29) is 5.82 Å². The summed E-state index contributed by atoms with van der Waals surface area (Å²) in [6.45, 7) is 4.16. The Balaban J connectivity index is 1.49. The van der Waals surface area contributed by atoms with Gasteiger partial charge >= 0.3 is 0 Å². The molecular weight excluding hydrogens is 401 g/mol. The van der Waals surface area contributed by atoms with Crippen LogP contribution in [0.4, 0.5) is 10.1 Å². The highest BCUT2D eigenvalue weighted by molar-refractivity contribution is 5.63. The predicted molar refractivity (Wildman–Crippen MR) is 125 cm³/mol. The van der Waals surface area contributed by atoms with Crippen molar-refractivity contribution in [2.75, 3.05) is 5.32 Å². The summed E-state index contributed by atoms with van der Waals surface area (Å²) in [4.78, 5) is 9.15. The lowest BCUT2D eigenvalue weighted by Gasteiger charge is -2.13. The summed E-state index contributed by atoms with van der Waals surface area (Å²) in [5, 5.41) is 11.2. The molecule has 1 N–H and O–H groups in total. The first kappa shape index (κ1) is 21.3. The molecule has 160 valence electrons. The van der Waals surface area contributed by atoms with Gasteiger partial charge in [-0.25, -0.2) is 4.39 Å². The van der Waals surface area contributed by atoms with Crippen molar-refractivity contribution in [3.05, 3.63) is 102 Å². The van der Waals surface area contributed by atoms with Crippen LogP contribution in [0.3, 0.4) is 0 Å². The van der Waals surface area contributed by atoms with Gasteiger partial charge in [-0.15, -0.1) is 0 Å². The number of hydrogen-bond donors (Lipinski definition) is 1. The second-order valence-corrected chi connectivity index (χ2v) is 7.52. The zero-order valence-corrected chi connectivity index (χ0v) is 18.1. The molecule has 0 spiro atoms. The van der Waals surface area contributed by atoms with Gasteiger partial charge in [0, 0.05) is 29.4 Å². The van der Waals surface area contributed by atoms with Gasteiger partial charge in [-0.1, -0.05) is 31.2 Å². The van der Waals surface area contributed by atoms with Crippen molar-refractivity contribution in [3.8, 4) is 22.5 Å². The molecule has 0 aliphatic rings. The van der Waals surface area contributed by atoms with Gasteiger partial charge in [-0.2, -0.15) is 10.2 Å². The number of hydrogen-bond acceptors (Lipinski definition) is 5. The molecular formula is C26H24FN5. The van der Waals surface area contributed by atoms with E-state index in [1.165, 1.54) is 12.1 Å². The highest BCUT2D eigenvalue weighted by Crippen LogP contribution is 2.23. The van der Waals surface area contributed by atoms with Crippen LogP contribution in [0.2, 0.25) is 0 Å². The zero-order valence-electron chi connectivity index (χ0n) is 18.1. The number of benzene rings is 1. The smallest absolute Gasteiger partial charge is 0.123 e. The van der Waals surface area contributed by atoms with Crippen LogP contribution in [-0.4, -0.2) is 20.2 Å². The number of rotatable bonds is 7. The molecule has 0 aliphatic carbocycles. The van der Waals surface area contributed by atoms with Crippen molar-refractivity contribution in [2.45, 2.75) is 26.7 Å². The Labute approximate surface area is 187 Å². The summed E-state index contributed by atoms with van der Waals surface area (Å²) < 4.78 is 13.5. The molecule has 0 saturated carbocycles. The Kier molecular flexibility index (Phi) is 6.60. The van der Waals surface area contributed by atoms with Gasteiger partial charge in [0.15, 0.2) is 0 Å². The Bertz CT molecular complexity index is 1220. The Hall–Kier alpha value is -3.93. The Morgan fingerprint density at radius 1 is 0.969 bits per heavy atom.